The normalized spacial score (nSPS) is 26.0. The van der Waals surface area contributed by atoms with Gasteiger partial charge in [-0.2, -0.15) is 0 Å². The van der Waals surface area contributed by atoms with Gasteiger partial charge in [-0.1, -0.05) is 32.5 Å². The molecule has 0 saturated heterocycles. The number of carbonyl (C=O) groups is 1. The summed E-state index contributed by atoms with van der Waals surface area (Å²) in [7, 11) is 0. The van der Waals surface area contributed by atoms with Gasteiger partial charge >= 0.3 is 5.97 Å². The molecule has 3 atom stereocenters. The van der Waals surface area contributed by atoms with E-state index in [9.17, 15) is 4.79 Å². The molecule has 1 aromatic heterocycles. The maximum Gasteiger partial charge on any atom is 0.313 e. The first kappa shape index (κ1) is 16.3. The third kappa shape index (κ3) is 3.99. The van der Waals surface area contributed by atoms with E-state index in [0.29, 0.717) is 12.0 Å². The van der Waals surface area contributed by atoms with Crippen molar-refractivity contribution in [2.45, 2.75) is 64.1 Å². The second-order valence-electron chi connectivity index (χ2n) is 6.16. The van der Waals surface area contributed by atoms with Crippen molar-refractivity contribution in [2.75, 3.05) is 5.75 Å². The predicted molar refractivity (Wildman–Crippen MR) is 83.6 cm³/mol. The zero-order valence-corrected chi connectivity index (χ0v) is 13.9. The number of carboxylic acids is 1. The molecular formula is C15H25N3O2S. The first-order valence-corrected chi connectivity index (χ1v) is 8.79. The summed E-state index contributed by atoms with van der Waals surface area (Å²) in [5, 5.41) is 18.2. The average molecular weight is 311 g/mol. The van der Waals surface area contributed by atoms with Crippen molar-refractivity contribution >= 4 is 17.7 Å². The molecule has 1 N–H and O–H groups in total. The molecule has 3 unspecified atom stereocenters. The van der Waals surface area contributed by atoms with Crippen LogP contribution in [-0.2, 0) is 11.2 Å². The van der Waals surface area contributed by atoms with E-state index in [1.165, 1.54) is 24.6 Å². The van der Waals surface area contributed by atoms with Crippen molar-refractivity contribution in [3.05, 3.63) is 5.82 Å². The van der Waals surface area contributed by atoms with Crippen LogP contribution >= 0.6 is 11.8 Å². The van der Waals surface area contributed by atoms with E-state index < -0.39 is 5.97 Å². The largest absolute Gasteiger partial charge is 0.481 e. The Kier molecular flexibility index (Phi) is 5.67. The topological polar surface area (TPSA) is 68.0 Å². The lowest BCUT2D eigenvalue weighted by Crippen LogP contribution is -2.26. The fourth-order valence-electron chi connectivity index (χ4n) is 3.29. The highest BCUT2D eigenvalue weighted by atomic mass is 32.2. The zero-order valence-electron chi connectivity index (χ0n) is 13.1. The van der Waals surface area contributed by atoms with E-state index in [2.05, 4.69) is 35.5 Å². The minimum absolute atomic E-state index is 0.0434. The van der Waals surface area contributed by atoms with Crippen molar-refractivity contribution in [3.63, 3.8) is 0 Å². The SMILES string of the molecule is CCCc1nnc(SCC(=O)O)n1C1CCC(C)CC1C. The van der Waals surface area contributed by atoms with Crippen molar-refractivity contribution in [1.82, 2.24) is 14.8 Å². The average Bonchev–Trinajstić information content (AvgIpc) is 2.80. The van der Waals surface area contributed by atoms with Crippen LogP contribution in [0, 0.1) is 11.8 Å². The summed E-state index contributed by atoms with van der Waals surface area (Å²) in [5.74, 6) is 1.61. The number of aryl methyl sites for hydroxylation is 1. The van der Waals surface area contributed by atoms with Crippen LogP contribution in [0.4, 0.5) is 0 Å². The van der Waals surface area contributed by atoms with Gasteiger partial charge in [-0.05, 0) is 37.5 Å². The molecule has 0 aliphatic heterocycles. The highest BCUT2D eigenvalue weighted by molar-refractivity contribution is 7.99. The Balaban J connectivity index is 2.25. The number of rotatable bonds is 6. The second kappa shape index (κ2) is 7.29. The first-order chi connectivity index (χ1) is 10.0. The van der Waals surface area contributed by atoms with Gasteiger partial charge in [0.1, 0.15) is 5.82 Å². The summed E-state index contributed by atoms with van der Waals surface area (Å²) >= 11 is 1.29. The lowest BCUT2D eigenvalue weighted by molar-refractivity contribution is -0.133. The molecule has 0 amide bonds. The molecular weight excluding hydrogens is 286 g/mol. The van der Waals surface area contributed by atoms with Gasteiger partial charge in [0.05, 0.1) is 5.75 Å². The standard InChI is InChI=1S/C15H25N3O2S/c1-4-5-13-16-17-15(21-9-14(19)20)18(13)12-7-6-10(2)8-11(12)3/h10-12H,4-9H2,1-3H3,(H,19,20). The van der Waals surface area contributed by atoms with Crippen molar-refractivity contribution < 1.29 is 9.90 Å². The van der Waals surface area contributed by atoms with Gasteiger partial charge in [-0.25, -0.2) is 0 Å². The number of aliphatic carboxylic acids is 1. The van der Waals surface area contributed by atoms with Crippen LogP contribution in [0.2, 0.25) is 0 Å². The van der Waals surface area contributed by atoms with E-state index in [0.717, 1.165) is 36.2 Å². The van der Waals surface area contributed by atoms with Gasteiger partial charge in [0.2, 0.25) is 0 Å². The number of hydrogen-bond donors (Lipinski definition) is 1. The molecule has 118 valence electrons. The third-order valence-electron chi connectivity index (χ3n) is 4.25. The van der Waals surface area contributed by atoms with Crippen molar-refractivity contribution in [1.29, 1.82) is 0 Å². The minimum Gasteiger partial charge on any atom is -0.481 e. The van der Waals surface area contributed by atoms with Crippen LogP contribution in [0.15, 0.2) is 5.16 Å². The Labute approximate surface area is 130 Å². The molecule has 1 heterocycles. The molecule has 2 rings (SSSR count). The van der Waals surface area contributed by atoms with Crippen LogP contribution in [-0.4, -0.2) is 31.6 Å². The Morgan fingerprint density at radius 2 is 2.14 bits per heavy atom. The molecule has 1 saturated carbocycles. The van der Waals surface area contributed by atoms with E-state index in [4.69, 9.17) is 5.11 Å². The van der Waals surface area contributed by atoms with Gasteiger partial charge in [0.15, 0.2) is 5.16 Å². The van der Waals surface area contributed by atoms with Gasteiger partial charge in [-0.15, -0.1) is 10.2 Å². The highest BCUT2D eigenvalue weighted by Crippen LogP contribution is 2.39. The van der Waals surface area contributed by atoms with E-state index in [1.807, 2.05) is 0 Å². The molecule has 1 aromatic rings. The fraction of sp³-hybridized carbons (Fsp3) is 0.800. The highest BCUT2D eigenvalue weighted by Gasteiger charge is 2.30. The quantitative estimate of drug-likeness (QED) is 0.815. The Hall–Kier alpha value is -1.04. The molecule has 5 nitrogen and oxygen atoms in total. The number of nitrogens with zero attached hydrogens (tertiary/aromatic N) is 3. The van der Waals surface area contributed by atoms with E-state index in [1.54, 1.807) is 0 Å². The number of hydrogen-bond acceptors (Lipinski definition) is 4. The summed E-state index contributed by atoms with van der Waals surface area (Å²) in [6.45, 7) is 6.74. The molecule has 6 heteroatoms. The number of aromatic nitrogens is 3. The monoisotopic (exact) mass is 311 g/mol. The first-order valence-electron chi connectivity index (χ1n) is 7.81. The minimum atomic E-state index is -0.808. The predicted octanol–water partition coefficient (Wildman–Crippen LogP) is 3.40. The maximum atomic E-state index is 10.8. The summed E-state index contributed by atoms with van der Waals surface area (Å²) in [5.41, 5.74) is 0. The lowest BCUT2D eigenvalue weighted by atomic mass is 9.79. The van der Waals surface area contributed by atoms with Crippen LogP contribution in [0.3, 0.4) is 0 Å². The Bertz CT molecular complexity index is 489. The number of carboxylic acid groups (broad SMARTS) is 1. The summed E-state index contributed by atoms with van der Waals surface area (Å²) in [6, 6.07) is 0.411. The molecule has 0 bridgehead atoms. The zero-order chi connectivity index (χ0) is 15.4. The summed E-state index contributed by atoms with van der Waals surface area (Å²) < 4.78 is 2.23. The van der Waals surface area contributed by atoms with Crippen LogP contribution in [0.25, 0.3) is 0 Å². The molecule has 0 aromatic carbocycles. The molecule has 0 radical (unpaired) electrons. The number of thioether (sulfide) groups is 1. The van der Waals surface area contributed by atoms with E-state index >= 15 is 0 Å². The summed E-state index contributed by atoms with van der Waals surface area (Å²) in [6.07, 6.45) is 5.51. The van der Waals surface area contributed by atoms with E-state index in [-0.39, 0.29) is 5.75 Å². The van der Waals surface area contributed by atoms with Crippen molar-refractivity contribution in [2.24, 2.45) is 11.8 Å². The Morgan fingerprint density at radius 1 is 1.38 bits per heavy atom. The van der Waals surface area contributed by atoms with Crippen molar-refractivity contribution in [3.8, 4) is 0 Å². The van der Waals surface area contributed by atoms with Crippen LogP contribution in [0.5, 0.6) is 0 Å². The third-order valence-corrected chi connectivity index (χ3v) is 5.18. The molecule has 1 fully saturated rings. The van der Waals surface area contributed by atoms with Gasteiger partial charge < -0.3 is 9.67 Å². The molecule has 21 heavy (non-hydrogen) atoms. The second-order valence-corrected chi connectivity index (χ2v) is 7.11. The lowest BCUT2D eigenvalue weighted by Gasteiger charge is -2.34. The molecule has 1 aliphatic carbocycles. The van der Waals surface area contributed by atoms with Gasteiger partial charge in [0.25, 0.3) is 0 Å². The summed E-state index contributed by atoms with van der Waals surface area (Å²) in [4.78, 5) is 10.8. The smallest absolute Gasteiger partial charge is 0.313 e. The molecule has 1 aliphatic rings. The molecule has 0 spiro atoms. The van der Waals surface area contributed by atoms with Crippen LogP contribution < -0.4 is 0 Å². The van der Waals surface area contributed by atoms with Gasteiger partial charge in [-0.3, -0.25) is 4.79 Å². The maximum absolute atomic E-state index is 10.8. The fourth-order valence-corrected chi connectivity index (χ4v) is 4.02. The van der Waals surface area contributed by atoms with Crippen LogP contribution in [0.1, 0.15) is 58.3 Å². The van der Waals surface area contributed by atoms with Gasteiger partial charge in [0, 0.05) is 12.5 Å². The Morgan fingerprint density at radius 3 is 2.76 bits per heavy atom.